The van der Waals surface area contributed by atoms with E-state index >= 15 is 0 Å². The lowest BCUT2D eigenvalue weighted by molar-refractivity contribution is -0.157. The van der Waals surface area contributed by atoms with Gasteiger partial charge in [-0.15, -0.1) is 0 Å². The quantitative estimate of drug-likeness (QED) is 0.410. The number of carbonyl (C=O) groups is 4. The maximum atomic E-state index is 12.4. The van der Waals surface area contributed by atoms with Gasteiger partial charge < -0.3 is 4.74 Å². The fourth-order valence-corrected chi connectivity index (χ4v) is 2.93. The van der Waals surface area contributed by atoms with Gasteiger partial charge in [0.05, 0.1) is 12.0 Å². The molecule has 1 saturated carbocycles. The molecule has 1 aliphatic carbocycles. The zero-order valence-corrected chi connectivity index (χ0v) is 13.8. The lowest BCUT2D eigenvalue weighted by Gasteiger charge is -2.32. The fourth-order valence-electron chi connectivity index (χ4n) is 2.93. The molecule has 0 radical (unpaired) electrons. The van der Waals surface area contributed by atoms with Crippen LogP contribution in [-0.4, -0.2) is 29.9 Å². The predicted molar refractivity (Wildman–Crippen MR) is 81.2 cm³/mol. The number of hydrogen-bond donors (Lipinski definition) is 0. The molecule has 22 heavy (non-hydrogen) atoms. The summed E-state index contributed by atoms with van der Waals surface area (Å²) >= 11 is 0. The summed E-state index contributed by atoms with van der Waals surface area (Å²) in [5.41, 5.74) is -2.36. The van der Waals surface area contributed by atoms with Gasteiger partial charge >= 0.3 is 5.97 Å². The summed E-state index contributed by atoms with van der Waals surface area (Å²) in [6, 6.07) is 0. The maximum Gasteiger partial charge on any atom is 0.323 e. The lowest BCUT2D eigenvalue weighted by atomic mass is 9.68. The number of carbonyl (C=O) groups excluding carboxylic acids is 4. The summed E-state index contributed by atoms with van der Waals surface area (Å²) in [5.74, 6) is -1.45. The van der Waals surface area contributed by atoms with Gasteiger partial charge in [0, 0.05) is 6.42 Å². The van der Waals surface area contributed by atoms with Crippen molar-refractivity contribution in [1.82, 2.24) is 0 Å². The van der Waals surface area contributed by atoms with E-state index in [9.17, 15) is 19.2 Å². The molecule has 1 rings (SSSR count). The van der Waals surface area contributed by atoms with Gasteiger partial charge in [-0.25, -0.2) is 0 Å². The highest BCUT2D eigenvalue weighted by Crippen LogP contribution is 2.46. The van der Waals surface area contributed by atoms with Crippen molar-refractivity contribution < 1.29 is 23.9 Å². The second kappa shape index (κ2) is 6.55. The third-order valence-electron chi connectivity index (χ3n) is 4.78. The van der Waals surface area contributed by atoms with Crippen LogP contribution < -0.4 is 0 Å². The van der Waals surface area contributed by atoms with Crippen molar-refractivity contribution >= 4 is 23.3 Å². The monoisotopic (exact) mass is 308 g/mol. The highest BCUT2D eigenvalue weighted by atomic mass is 16.5. The first kappa shape index (κ1) is 18.3. The molecule has 0 aromatic rings. The number of ketones is 3. The van der Waals surface area contributed by atoms with Crippen LogP contribution in [0.25, 0.3) is 0 Å². The smallest absolute Gasteiger partial charge is 0.323 e. The number of hydrogen-bond acceptors (Lipinski definition) is 5. The molecule has 0 N–H and O–H groups in total. The van der Waals surface area contributed by atoms with Crippen molar-refractivity contribution in [1.29, 1.82) is 0 Å². The summed E-state index contributed by atoms with van der Waals surface area (Å²) in [6.45, 7) is 9.92. The number of esters is 1. The van der Waals surface area contributed by atoms with Crippen molar-refractivity contribution in [3.63, 3.8) is 0 Å². The molecule has 0 aliphatic heterocycles. The normalized spacial score (nSPS) is 21.5. The molecule has 1 fully saturated rings. The van der Waals surface area contributed by atoms with Crippen LogP contribution in [0.4, 0.5) is 0 Å². The average Bonchev–Trinajstić information content (AvgIpc) is 2.81. The molecule has 0 saturated heterocycles. The molecular formula is C17H24O5. The Morgan fingerprint density at radius 2 is 1.82 bits per heavy atom. The van der Waals surface area contributed by atoms with Crippen LogP contribution in [0.2, 0.25) is 0 Å². The van der Waals surface area contributed by atoms with Crippen molar-refractivity contribution in [2.75, 3.05) is 6.61 Å². The molecule has 122 valence electrons. The Bertz CT molecular complexity index is 517. The highest BCUT2D eigenvalue weighted by Gasteiger charge is 2.53. The molecule has 0 heterocycles. The summed E-state index contributed by atoms with van der Waals surface area (Å²) in [4.78, 5) is 48.5. The zero-order valence-electron chi connectivity index (χ0n) is 13.8. The Kier molecular flexibility index (Phi) is 5.44. The van der Waals surface area contributed by atoms with Crippen LogP contribution >= 0.6 is 0 Å². The van der Waals surface area contributed by atoms with Crippen molar-refractivity contribution in [2.24, 2.45) is 10.8 Å². The van der Waals surface area contributed by atoms with Gasteiger partial charge in [-0.1, -0.05) is 12.2 Å². The summed E-state index contributed by atoms with van der Waals surface area (Å²) in [7, 11) is 0. The zero-order chi connectivity index (χ0) is 17.1. The Morgan fingerprint density at radius 3 is 2.18 bits per heavy atom. The molecule has 5 nitrogen and oxygen atoms in total. The number of rotatable bonds is 7. The summed E-state index contributed by atoms with van der Waals surface area (Å²) in [6.07, 6.45) is 1.18. The van der Waals surface area contributed by atoms with Gasteiger partial charge in [0.2, 0.25) is 0 Å². The van der Waals surface area contributed by atoms with Crippen LogP contribution in [0.1, 0.15) is 53.4 Å². The van der Waals surface area contributed by atoms with E-state index in [0.717, 1.165) is 0 Å². The third kappa shape index (κ3) is 2.89. The predicted octanol–water partition coefficient (Wildman–Crippen LogP) is 2.42. The van der Waals surface area contributed by atoms with Crippen LogP contribution in [0.15, 0.2) is 12.2 Å². The van der Waals surface area contributed by atoms with E-state index in [0.29, 0.717) is 18.4 Å². The second-order valence-corrected chi connectivity index (χ2v) is 6.13. The van der Waals surface area contributed by atoms with Gasteiger partial charge in [-0.05, 0) is 47.0 Å². The minimum atomic E-state index is -1.40. The number of Topliss-reactive ketones (excluding diaryl/α,β-unsaturated/α-hetero) is 3. The molecule has 0 spiro atoms. The summed E-state index contributed by atoms with van der Waals surface area (Å²) in [5, 5.41) is 0. The van der Waals surface area contributed by atoms with Crippen LogP contribution in [0.3, 0.4) is 0 Å². The van der Waals surface area contributed by atoms with E-state index in [-0.39, 0.29) is 36.8 Å². The van der Waals surface area contributed by atoms with Gasteiger partial charge in [-0.3, -0.25) is 19.2 Å². The van der Waals surface area contributed by atoms with Crippen LogP contribution in [-0.2, 0) is 23.9 Å². The molecule has 0 aromatic heterocycles. The lowest BCUT2D eigenvalue weighted by Crippen LogP contribution is -2.42. The Balaban J connectivity index is 3.20. The molecule has 5 heteroatoms. The molecule has 0 bridgehead atoms. The molecule has 1 unspecified atom stereocenters. The van der Waals surface area contributed by atoms with E-state index in [1.54, 1.807) is 6.92 Å². The van der Waals surface area contributed by atoms with E-state index in [2.05, 4.69) is 6.58 Å². The first-order chi connectivity index (χ1) is 10.1. The molecule has 1 atom stereocenters. The van der Waals surface area contributed by atoms with Crippen molar-refractivity contribution in [2.45, 2.75) is 53.4 Å². The van der Waals surface area contributed by atoms with Gasteiger partial charge in [-0.2, -0.15) is 0 Å². The van der Waals surface area contributed by atoms with Gasteiger partial charge in [0.15, 0.2) is 5.78 Å². The van der Waals surface area contributed by atoms with E-state index in [1.165, 1.54) is 20.8 Å². The standard InChI is InChI=1S/C17H24O5/c1-6-22-15(21)17(9-7-8-14(17)20)11(2)10-16(5,12(3)18)13(4)19/h2,6-10H2,1,3-5H3. The largest absolute Gasteiger partial charge is 0.465 e. The Hall–Kier alpha value is -1.78. The first-order valence-electron chi connectivity index (χ1n) is 7.53. The van der Waals surface area contributed by atoms with Gasteiger partial charge in [0.1, 0.15) is 17.0 Å². The van der Waals surface area contributed by atoms with Crippen LogP contribution in [0, 0.1) is 10.8 Å². The first-order valence-corrected chi connectivity index (χ1v) is 7.53. The topological polar surface area (TPSA) is 77.5 Å². The minimum Gasteiger partial charge on any atom is -0.465 e. The highest BCUT2D eigenvalue weighted by molar-refractivity contribution is 6.09. The average molecular weight is 308 g/mol. The Labute approximate surface area is 131 Å². The number of ether oxygens (including phenoxy) is 1. The van der Waals surface area contributed by atoms with Crippen molar-refractivity contribution in [3.05, 3.63) is 12.2 Å². The maximum absolute atomic E-state index is 12.4. The molecule has 1 aliphatic rings. The van der Waals surface area contributed by atoms with Crippen molar-refractivity contribution in [3.8, 4) is 0 Å². The van der Waals surface area contributed by atoms with E-state index in [1.807, 2.05) is 0 Å². The van der Waals surface area contributed by atoms with E-state index in [4.69, 9.17) is 4.74 Å². The third-order valence-corrected chi connectivity index (χ3v) is 4.78. The Morgan fingerprint density at radius 1 is 1.27 bits per heavy atom. The fraction of sp³-hybridized carbons (Fsp3) is 0.647. The van der Waals surface area contributed by atoms with Gasteiger partial charge in [0.25, 0.3) is 0 Å². The molecule has 0 amide bonds. The molecule has 0 aromatic carbocycles. The minimum absolute atomic E-state index is 0.0117. The summed E-state index contributed by atoms with van der Waals surface area (Å²) < 4.78 is 5.07. The van der Waals surface area contributed by atoms with E-state index < -0.39 is 16.8 Å². The van der Waals surface area contributed by atoms with Crippen LogP contribution in [0.5, 0.6) is 0 Å². The molecular weight excluding hydrogens is 284 g/mol. The SMILES string of the molecule is C=C(CC(C)(C(C)=O)C(C)=O)C1(C(=O)OCC)CCCC1=O. The second-order valence-electron chi connectivity index (χ2n) is 6.13.